The molecule has 5 heteroatoms. The van der Waals surface area contributed by atoms with E-state index in [9.17, 15) is 5.11 Å². The zero-order chi connectivity index (χ0) is 13.1. The van der Waals surface area contributed by atoms with Crippen LogP contribution in [0, 0.1) is 0 Å². The molecule has 0 unspecified atom stereocenters. The first-order valence-corrected chi connectivity index (χ1v) is 6.13. The number of anilines is 1. The molecule has 3 N–H and O–H groups in total. The van der Waals surface area contributed by atoms with Gasteiger partial charge in [0, 0.05) is 12.7 Å². The average molecular weight is 254 g/mol. The summed E-state index contributed by atoms with van der Waals surface area (Å²) in [5, 5.41) is 13.5. The minimum Gasteiger partial charge on any atom is -0.508 e. The Kier molecular flexibility index (Phi) is 3.02. The molecule has 0 radical (unpaired) electrons. The van der Waals surface area contributed by atoms with Crippen LogP contribution in [0.4, 0.5) is 5.82 Å². The summed E-state index contributed by atoms with van der Waals surface area (Å²) in [6.45, 7) is 0.780. The molecule has 19 heavy (non-hydrogen) atoms. The van der Waals surface area contributed by atoms with Gasteiger partial charge in [-0.3, -0.25) is 0 Å². The number of rotatable bonds is 4. The molecule has 0 atom stereocenters. The van der Waals surface area contributed by atoms with Crippen LogP contribution in [-0.2, 0) is 6.42 Å². The molecular formula is C14H14N4O. The minimum absolute atomic E-state index is 0.293. The van der Waals surface area contributed by atoms with Crippen molar-refractivity contribution < 1.29 is 5.11 Å². The van der Waals surface area contributed by atoms with Gasteiger partial charge in [0.25, 0.3) is 0 Å². The van der Waals surface area contributed by atoms with Crippen LogP contribution in [0.1, 0.15) is 5.56 Å². The number of nitrogens with one attached hydrogen (secondary N) is 2. The molecule has 0 spiro atoms. The topological polar surface area (TPSA) is 73.8 Å². The second-order valence-corrected chi connectivity index (χ2v) is 4.31. The first kappa shape index (κ1) is 11.5. The van der Waals surface area contributed by atoms with Gasteiger partial charge in [0.05, 0.1) is 5.39 Å². The Balaban J connectivity index is 1.66. The van der Waals surface area contributed by atoms with E-state index in [1.807, 2.05) is 24.4 Å². The number of hydrogen-bond donors (Lipinski definition) is 3. The molecule has 0 aliphatic rings. The third kappa shape index (κ3) is 2.49. The Morgan fingerprint density at radius 2 is 1.95 bits per heavy atom. The highest BCUT2D eigenvalue weighted by Crippen LogP contribution is 2.17. The Bertz CT molecular complexity index is 675. The second kappa shape index (κ2) is 4.97. The number of aromatic nitrogens is 3. The van der Waals surface area contributed by atoms with Crippen molar-refractivity contribution in [3.05, 3.63) is 48.4 Å². The monoisotopic (exact) mass is 254 g/mol. The maximum Gasteiger partial charge on any atom is 0.142 e. The maximum absolute atomic E-state index is 9.22. The second-order valence-electron chi connectivity index (χ2n) is 4.31. The van der Waals surface area contributed by atoms with Crippen LogP contribution in [0.15, 0.2) is 42.9 Å². The summed E-state index contributed by atoms with van der Waals surface area (Å²) in [6.07, 6.45) is 4.27. The number of phenolic OH excluding ortho intramolecular Hbond substituents is 1. The zero-order valence-electron chi connectivity index (χ0n) is 10.3. The molecule has 0 bridgehead atoms. The van der Waals surface area contributed by atoms with E-state index in [1.54, 1.807) is 18.5 Å². The maximum atomic E-state index is 9.22. The number of fused-ring (bicyclic) bond motifs is 1. The quantitative estimate of drug-likeness (QED) is 0.668. The fraction of sp³-hybridized carbons (Fsp3) is 0.143. The third-order valence-electron chi connectivity index (χ3n) is 3.00. The zero-order valence-corrected chi connectivity index (χ0v) is 10.3. The van der Waals surface area contributed by atoms with Crippen LogP contribution in [0.2, 0.25) is 0 Å². The Hall–Kier alpha value is -2.56. The molecule has 96 valence electrons. The summed E-state index contributed by atoms with van der Waals surface area (Å²) in [7, 11) is 0. The van der Waals surface area contributed by atoms with Gasteiger partial charge >= 0.3 is 0 Å². The highest BCUT2D eigenvalue weighted by atomic mass is 16.3. The molecule has 0 fully saturated rings. The van der Waals surface area contributed by atoms with Gasteiger partial charge in [0.15, 0.2) is 0 Å². The van der Waals surface area contributed by atoms with Crippen molar-refractivity contribution in [1.82, 2.24) is 15.0 Å². The van der Waals surface area contributed by atoms with Crippen LogP contribution >= 0.6 is 0 Å². The summed E-state index contributed by atoms with van der Waals surface area (Å²) < 4.78 is 0. The molecule has 3 aromatic rings. The van der Waals surface area contributed by atoms with Crippen molar-refractivity contribution in [3.63, 3.8) is 0 Å². The lowest BCUT2D eigenvalue weighted by Crippen LogP contribution is -2.06. The fourth-order valence-electron chi connectivity index (χ4n) is 2.00. The van der Waals surface area contributed by atoms with Crippen LogP contribution in [0.25, 0.3) is 11.0 Å². The highest BCUT2D eigenvalue weighted by Gasteiger charge is 2.03. The number of aromatic amines is 1. The van der Waals surface area contributed by atoms with Crippen LogP contribution < -0.4 is 5.32 Å². The number of nitrogens with zero attached hydrogens (tertiary/aromatic N) is 2. The first-order valence-electron chi connectivity index (χ1n) is 6.13. The van der Waals surface area contributed by atoms with Crippen molar-refractivity contribution in [1.29, 1.82) is 0 Å². The van der Waals surface area contributed by atoms with Gasteiger partial charge in [-0.15, -0.1) is 0 Å². The lowest BCUT2D eigenvalue weighted by molar-refractivity contribution is 0.475. The summed E-state index contributed by atoms with van der Waals surface area (Å²) in [5.74, 6) is 1.13. The van der Waals surface area contributed by atoms with E-state index in [0.717, 1.165) is 29.8 Å². The van der Waals surface area contributed by atoms with Gasteiger partial charge in [-0.05, 0) is 30.2 Å². The molecule has 0 saturated carbocycles. The first-order chi connectivity index (χ1) is 9.33. The Labute approximate surface area is 110 Å². The molecule has 0 aliphatic carbocycles. The van der Waals surface area contributed by atoms with Crippen molar-refractivity contribution >= 4 is 16.9 Å². The van der Waals surface area contributed by atoms with E-state index in [4.69, 9.17) is 0 Å². The van der Waals surface area contributed by atoms with Crippen molar-refractivity contribution in [2.24, 2.45) is 0 Å². The van der Waals surface area contributed by atoms with E-state index < -0.39 is 0 Å². The van der Waals surface area contributed by atoms with Gasteiger partial charge in [0.2, 0.25) is 0 Å². The van der Waals surface area contributed by atoms with Crippen LogP contribution in [-0.4, -0.2) is 26.6 Å². The summed E-state index contributed by atoms with van der Waals surface area (Å²) >= 11 is 0. The summed E-state index contributed by atoms with van der Waals surface area (Å²) in [4.78, 5) is 11.4. The number of hydrogen-bond acceptors (Lipinski definition) is 4. The summed E-state index contributed by atoms with van der Waals surface area (Å²) in [6, 6.07) is 9.19. The van der Waals surface area contributed by atoms with Gasteiger partial charge < -0.3 is 15.4 Å². The molecule has 1 aromatic carbocycles. The molecular weight excluding hydrogens is 240 g/mol. The van der Waals surface area contributed by atoms with Gasteiger partial charge in [-0.1, -0.05) is 12.1 Å². The van der Waals surface area contributed by atoms with Crippen molar-refractivity contribution in [2.45, 2.75) is 6.42 Å². The lowest BCUT2D eigenvalue weighted by atomic mass is 10.1. The molecule has 0 amide bonds. The smallest absolute Gasteiger partial charge is 0.142 e. The Morgan fingerprint density at radius 1 is 1.11 bits per heavy atom. The largest absolute Gasteiger partial charge is 0.508 e. The molecule has 5 nitrogen and oxygen atoms in total. The van der Waals surface area contributed by atoms with Crippen molar-refractivity contribution in [2.75, 3.05) is 11.9 Å². The normalized spacial score (nSPS) is 10.7. The highest BCUT2D eigenvalue weighted by molar-refractivity contribution is 5.86. The average Bonchev–Trinajstić information content (AvgIpc) is 2.90. The standard InChI is InChI=1S/C14H14N4O/c19-11-3-1-10(2-4-11)5-7-15-13-12-6-8-16-14(12)18-9-17-13/h1-4,6,8-9,19H,5,7H2,(H2,15,16,17,18). The molecule has 2 aromatic heterocycles. The van der Waals surface area contributed by atoms with E-state index >= 15 is 0 Å². The molecule has 2 heterocycles. The van der Waals surface area contributed by atoms with Gasteiger partial charge in [-0.2, -0.15) is 0 Å². The van der Waals surface area contributed by atoms with Crippen LogP contribution in [0.5, 0.6) is 5.75 Å². The Morgan fingerprint density at radius 3 is 2.79 bits per heavy atom. The molecule has 0 saturated heterocycles. The summed E-state index contributed by atoms with van der Waals surface area (Å²) in [5.41, 5.74) is 2.01. The van der Waals surface area contributed by atoms with Crippen LogP contribution in [0.3, 0.4) is 0 Å². The van der Waals surface area contributed by atoms with E-state index in [1.165, 1.54) is 5.56 Å². The van der Waals surface area contributed by atoms with E-state index in [2.05, 4.69) is 20.3 Å². The third-order valence-corrected chi connectivity index (χ3v) is 3.00. The van der Waals surface area contributed by atoms with Gasteiger partial charge in [0.1, 0.15) is 23.5 Å². The fourth-order valence-corrected chi connectivity index (χ4v) is 2.00. The minimum atomic E-state index is 0.293. The molecule has 0 aliphatic heterocycles. The number of aromatic hydroxyl groups is 1. The SMILES string of the molecule is Oc1ccc(CCNc2ncnc3[nH]ccc23)cc1. The van der Waals surface area contributed by atoms with E-state index in [-0.39, 0.29) is 0 Å². The van der Waals surface area contributed by atoms with Crippen molar-refractivity contribution in [3.8, 4) is 5.75 Å². The van der Waals surface area contributed by atoms with E-state index in [0.29, 0.717) is 5.75 Å². The number of benzene rings is 1. The predicted molar refractivity (Wildman–Crippen MR) is 74.2 cm³/mol. The van der Waals surface area contributed by atoms with Gasteiger partial charge in [-0.25, -0.2) is 9.97 Å². The molecule has 3 rings (SSSR count). The number of phenols is 1. The number of H-pyrrole nitrogens is 1. The lowest BCUT2D eigenvalue weighted by Gasteiger charge is -2.06. The predicted octanol–water partition coefficient (Wildman–Crippen LogP) is 2.32.